The number of halogens is 2. The molecule has 3 aromatic rings. The molecule has 3 atom stereocenters. The predicted molar refractivity (Wildman–Crippen MR) is 112 cm³/mol. The van der Waals surface area contributed by atoms with Gasteiger partial charge in [-0.1, -0.05) is 12.1 Å². The summed E-state index contributed by atoms with van der Waals surface area (Å²) in [7, 11) is 1.70. The Balaban J connectivity index is 0.00000256. The second-order valence-electron chi connectivity index (χ2n) is 7.18. The maximum Gasteiger partial charge on any atom is 0.188 e. The average Bonchev–Trinajstić information content (AvgIpc) is 3.17. The van der Waals surface area contributed by atoms with Crippen molar-refractivity contribution in [2.24, 2.45) is 5.73 Å². The van der Waals surface area contributed by atoms with E-state index in [2.05, 4.69) is 10.1 Å². The van der Waals surface area contributed by atoms with E-state index in [-0.39, 0.29) is 42.9 Å². The zero-order valence-electron chi connectivity index (χ0n) is 16.6. The highest BCUT2D eigenvalue weighted by Crippen LogP contribution is 2.33. The van der Waals surface area contributed by atoms with Gasteiger partial charge in [0.05, 0.1) is 6.10 Å². The minimum atomic E-state index is -0.348. The first kappa shape index (κ1) is 22.1. The van der Waals surface area contributed by atoms with Crippen LogP contribution in [0.2, 0.25) is 0 Å². The second-order valence-corrected chi connectivity index (χ2v) is 7.18. The van der Waals surface area contributed by atoms with Crippen molar-refractivity contribution in [3.63, 3.8) is 0 Å². The Morgan fingerprint density at radius 3 is 2.77 bits per heavy atom. The quantitative estimate of drug-likeness (QED) is 0.640. The van der Waals surface area contributed by atoms with E-state index in [0.29, 0.717) is 17.4 Å². The van der Waals surface area contributed by atoms with Gasteiger partial charge in [-0.25, -0.2) is 14.4 Å². The van der Waals surface area contributed by atoms with Gasteiger partial charge in [0.2, 0.25) is 0 Å². The number of ether oxygens (including phenoxy) is 2. The minimum absolute atomic E-state index is 0. The van der Waals surface area contributed by atoms with E-state index in [1.54, 1.807) is 30.1 Å². The normalized spacial score (nSPS) is 21.1. The van der Waals surface area contributed by atoms with Gasteiger partial charge in [0, 0.05) is 31.3 Å². The lowest BCUT2D eigenvalue weighted by atomic mass is 9.83. The zero-order chi connectivity index (χ0) is 20.2. The lowest BCUT2D eigenvalue weighted by molar-refractivity contribution is 0.0482. The molecule has 0 bridgehead atoms. The van der Waals surface area contributed by atoms with Crippen LogP contribution in [0.5, 0.6) is 5.75 Å². The highest BCUT2D eigenvalue weighted by molar-refractivity contribution is 5.85. The molecule has 0 radical (unpaired) electrons. The third-order valence-corrected chi connectivity index (χ3v) is 5.21. The Bertz CT molecular complexity index is 956. The van der Waals surface area contributed by atoms with Crippen molar-refractivity contribution >= 4 is 12.4 Å². The summed E-state index contributed by atoms with van der Waals surface area (Å²) in [6.07, 6.45) is 4.31. The molecule has 1 aromatic carbocycles. The molecule has 9 heteroatoms. The molecule has 0 saturated heterocycles. The van der Waals surface area contributed by atoms with Crippen molar-refractivity contribution < 1.29 is 13.9 Å². The fourth-order valence-corrected chi connectivity index (χ4v) is 3.75. The van der Waals surface area contributed by atoms with Gasteiger partial charge in [0.25, 0.3) is 0 Å². The molecule has 0 aliphatic heterocycles. The summed E-state index contributed by atoms with van der Waals surface area (Å²) in [4.78, 5) is 9.14. The number of benzene rings is 1. The third-order valence-electron chi connectivity index (χ3n) is 5.21. The number of pyridine rings is 1. The van der Waals surface area contributed by atoms with E-state index in [1.165, 1.54) is 12.1 Å². The van der Waals surface area contributed by atoms with Gasteiger partial charge < -0.3 is 15.2 Å². The van der Waals surface area contributed by atoms with Crippen molar-refractivity contribution in [3.05, 3.63) is 66.1 Å². The monoisotopic (exact) mass is 433 g/mol. The fourth-order valence-electron chi connectivity index (χ4n) is 3.75. The van der Waals surface area contributed by atoms with E-state index in [9.17, 15) is 4.39 Å². The molecular weight excluding hydrogens is 409 g/mol. The van der Waals surface area contributed by atoms with E-state index in [1.807, 2.05) is 18.2 Å². The van der Waals surface area contributed by atoms with Crippen molar-refractivity contribution in [2.75, 3.05) is 7.11 Å². The molecule has 2 N–H and O–H groups in total. The molecule has 0 amide bonds. The Kier molecular flexibility index (Phi) is 7.36. The third kappa shape index (κ3) is 4.95. The highest BCUT2D eigenvalue weighted by atomic mass is 35.5. The summed E-state index contributed by atoms with van der Waals surface area (Å²) in [5.74, 6) is 2.24. The molecule has 2 aromatic heterocycles. The van der Waals surface area contributed by atoms with Crippen LogP contribution in [0.4, 0.5) is 4.39 Å². The lowest BCUT2D eigenvalue weighted by Crippen LogP contribution is -2.41. The molecule has 7 nitrogen and oxygen atoms in total. The second kappa shape index (κ2) is 9.97. The molecule has 0 unspecified atom stereocenters. The first-order valence-corrected chi connectivity index (χ1v) is 9.68. The molecular formula is C21H25ClFN5O2. The lowest BCUT2D eigenvalue weighted by Gasteiger charge is -2.32. The molecule has 1 aliphatic rings. The van der Waals surface area contributed by atoms with Gasteiger partial charge in [-0.05, 0) is 43.5 Å². The zero-order valence-corrected chi connectivity index (χ0v) is 17.5. The standard InChI is InChI=1S/C21H24FN5O2.ClH/c1-28-18-9-8-14(11-17(18)23)21-25-19(13-29-16-6-4-5-15(22)12-16)26-27(21)20-7-2-3-10-24-20;/h2-7,10,12,14,17-18H,8-9,11,13,23H2,1H3;1H/t14-,17+,18+;/m0./s1. The van der Waals surface area contributed by atoms with Crippen molar-refractivity contribution in [1.82, 2.24) is 19.7 Å². The van der Waals surface area contributed by atoms with Crippen LogP contribution in [-0.2, 0) is 11.3 Å². The van der Waals surface area contributed by atoms with E-state index in [0.717, 1.165) is 25.1 Å². The average molecular weight is 434 g/mol. The molecule has 160 valence electrons. The number of hydrogen-bond acceptors (Lipinski definition) is 6. The highest BCUT2D eigenvalue weighted by Gasteiger charge is 2.32. The first-order valence-electron chi connectivity index (χ1n) is 9.68. The van der Waals surface area contributed by atoms with Gasteiger partial charge in [-0.15, -0.1) is 17.5 Å². The summed E-state index contributed by atoms with van der Waals surface area (Å²) in [5.41, 5.74) is 6.30. The van der Waals surface area contributed by atoms with Crippen molar-refractivity contribution in [1.29, 1.82) is 0 Å². The van der Waals surface area contributed by atoms with Gasteiger partial charge in [0.1, 0.15) is 24.0 Å². The van der Waals surface area contributed by atoms with Crippen LogP contribution in [0.1, 0.15) is 36.8 Å². The Labute approximate surface area is 180 Å². The van der Waals surface area contributed by atoms with Gasteiger partial charge in [-0.2, -0.15) is 4.68 Å². The summed E-state index contributed by atoms with van der Waals surface area (Å²) < 4.78 is 26.3. The minimum Gasteiger partial charge on any atom is -0.485 e. The van der Waals surface area contributed by atoms with Crippen LogP contribution in [0.25, 0.3) is 5.82 Å². The van der Waals surface area contributed by atoms with Crippen LogP contribution in [0.15, 0.2) is 48.7 Å². The summed E-state index contributed by atoms with van der Waals surface area (Å²) in [6.45, 7) is 0.135. The summed E-state index contributed by atoms with van der Waals surface area (Å²) >= 11 is 0. The molecule has 4 rings (SSSR count). The molecule has 30 heavy (non-hydrogen) atoms. The van der Waals surface area contributed by atoms with E-state index < -0.39 is 0 Å². The topological polar surface area (TPSA) is 88.1 Å². The maximum atomic E-state index is 13.4. The number of nitrogens with two attached hydrogens (primary N) is 1. The van der Waals surface area contributed by atoms with Crippen LogP contribution in [0, 0.1) is 5.82 Å². The van der Waals surface area contributed by atoms with Crippen LogP contribution in [-0.4, -0.2) is 39.0 Å². The van der Waals surface area contributed by atoms with Crippen molar-refractivity contribution in [2.45, 2.75) is 43.9 Å². The number of aromatic nitrogens is 4. The Hall–Kier alpha value is -2.55. The van der Waals surface area contributed by atoms with Crippen LogP contribution >= 0.6 is 12.4 Å². The van der Waals surface area contributed by atoms with Gasteiger partial charge in [0.15, 0.2) is 11.6 Å². The number of rotatable bonds is 6. The van der Waals surface area contributed by atoms with Crippen LogP contribution in [0.3, 0.4) is 0 Å². The molecule has 1 fully saturated rings. The van der Waals surface area contributed by atoms with Gasteiger partial charge >= 0.3 is 0 Å². The Morgan fingerprint density at radius 2 is 2.07 bits per heavy atom. The molecule has 1 aliphatic carbocycles. The number of methoxy groups -OCH3 is 1. The molecule has 1 saturated carbocycles. The fraction of sp³-hybridized carbons (Fsp3) is 0.381. The smallest absolute Gasteiger partial charge is 0.188 e. The SMILES string of the molecule is CO[C@@H]1CC[C@H](c2nc(COc3cccc(F)c3)nn2-c2ccccn2)C[C@H]1N.Cl. The molecule has 0 spiro atoms. The molecule has 2 heterocycles. The summed E-state index contributed by atoms with van der Waals surface area (Å²) in [5, 5.41) is 4.61. The Morgan fingerprint density at radius 1 is 1.20 bits per heavy atom. The largest absolute Gasteiger partial charge is 0.485 e. The van der Waals surface area contributed by atoms with Crippen LogP contribution < -0.4 is 10.5 Å². The van der Waals surface area contributed by atoms with E-state index >= 15 is 0 Å². The summed E-state index contributed by atoms with van der Waals surface area (Å²) in [6, 6.07) is 11.6. The van der Waals surface area contributed by atoms with Crippen molar-refractivity contribution in [3.8, 4) is 11.6 Å². The maximum absolute atomic E-state index is 13.4. The van der Waals surface area contributed by atoms with E-state index in [4.69, 9.17) is 20.2 Å². The first-order chi connectivity index (χ1) is 14.1. The van der Waals surface area contributed by atoms with Gasteiger partial charge in [-0.3, -0.25) is 0 Å². The number of hydrogen-bond donors (Lipinski definition) is 1. The number of nitrogens with zero attached hydrogens (tertiary/aromatic N) is 4. The predicted octanol–water partition coefficient (Wildman–Crippen LogP) is 3.41.